The van der Waals surface area contributed by atoms with E-state index in [0.29, 0.717) is 24.3 Å². The van der Waals surface area contributed by atoms with Crippen LogP contribution in [0.15, 0.2) is 48.5 Å². The van der Waals surface area contributed by atoms with Crippen molar-refractivity contribution in [1.82, 2.24) is 4.90 Å². The first-order chi connectivity index (χ1) is 12.5. The van der Waals surface area contributed by atoms with Gasteiger partial charge in [-0.05, 0) is 36.2 Å². The van der Waals surface area contributed by atoms with E-state index in [2.05, 4.69) is 10.6 Å². The zero-order valence-electron chi connectivity index (χ0n) is 15.4. The fourth-order valence-corrected chi connectivity index (χ4v) is 2.45. The minimum Gasteiger partial charge on any atom is -0.495 e. The van der Waals surface area contributed by atoms with E-state index in [0.717, 1.165) is 11.3 Å². The molecule has 0 radical (unpaired) electrons. The zero-order chi connectivity index (χ0) is 18.9. The van der Waals surface area contributed by atoms with Crippen LogP contribution in [-0.2, 0) is 16.0 Å². The van der Waals surface area contributed by atoms with Crippen molar-refractivity contribution in [2.24, 2.45) is 0 Å². The monoisotopic (exact) mass is 355 g/mol. The molecule has 2 aromatic rings. The number of anilines is 2. The molecule has 0 heterocycles. The molecule has 0 atom stereocenters. The summed E-state index contributed by atoms with van der Waals surface area (Å²) in [5, 5.41) is 5.93. The van der Waals surface area contributed by atoms with Crippen molar-refractivity contribution in [2.75, 3.05) is 38.4 Å². The van der Waals surface area contributed by atoms with E-state index in [1.807, 2.05) is 48.5 Å². The average molecular weight is 355 g/mol. The van der Waals surface area contributed by atoms with Crippen molar-refractivity contribution in [3.8, 4) is 5.75 Å². The maximum atomic E-state index is 12.2. The van der Waals surface area contributed by atoms with Gasteiger partial charge in [0.25, 0.3) is 0 Å². The molecule has 138 valence electrons. The maximum Gasteiger partial charge on any atom is 0.243 e. The van der Waals surface area contributed by atoms with Gasteiger partial charge in [0, 0.05) is 26.2 Å². The molecule has 0 saturated carbocycles. The number of rotatable bonds is 8. The number of carbonyl (C=O) groups is 2. The summed E-state index contributed by atoms with van der Waals surface area (Å²) in [5.41, 5.74) is 2.49. The molecule has 6 heteroatoms. The van der Waals surface area contributed by atoms with Crippen LogP contribution in [0, 0.1) is 0 Å². The number of methoxy groups -OCH3 is 1. The van der Waals surface area contributed by atoms with Gasteiger partial charge in [-0.25, -0.2) is 0 Å². The van der Waals surface area contributed by atoms with Gasteiger partial charge in [-0.2, -0.15) is 0 Å². The number of ether oxygens (including phenoxy) is 1. The van der Waals surface area contributed by atoms with E-state index in [1.165, 1.54) is 0 Å². The largest absolute Gasteiger partial charge is 0.495 e. The first-order valence-corrected chi connectivity index (χ1v) is 8.45. The number of nitrogens with one attached hydrogen (secondary N) is 2. The Morgan fingerprint density at radius 3 is 2.58 bits per heavy atom. The van der Waals surface area contributed by atoms with Gasteiger partial charge in [0.15, 0.2) is 0 Å². The third-order valence-corrected chi connectivity index (χ3v) is 3.88. The Bertz CT molecular complexity index is 759. The summed E-state index contributed by atoms with van der Waals surface area (Å²) in [4.78, 5) is 25.4. The van der Waals surface area contributed by atoms with Crippen LogP contribution >= 0.6 is 0 Å². The molecular formula is C20H25N3O3. The Morgan fingerprint density at radius 1 is 1.08 bits per heavy atom. The Kier molecular flexibility index (Phi) is 7.02. The van der Waals surface area contributed by atoms with Crippen LogP contribution in [0.3, 0.4) is 0 Å². The van der Waals surface area contributed by atoms with E-state index in [-0.39, 0.29) is 18.4 Å². The number of para-hydroxylation sites is 2. The minimum atomic E-state index is -0.155. The molecule has 2 aromatic carbocycles. The van der Waals surface area contributed by atoms with E-state index in [9.17, 15) is 9.59 Å². The SMILES string of the molecule is COc1ccccc1NCC(=O)Nc1cccc(CCC(=O)N(C)C)c1. The smallest absolute Gasteiger partial charge is 0.243 e. The van der Waals surface area contributed by atoms with Crippen molar-refractivity contribution in [2.45, 2.75) is 12.8 Å². The second-order valence-electron chi connectivity index (χ2n) is 6.09. The molecule has 0 spiro atoms. The summed E-state index contributed by atoms with van der Waals surface area (Å²) in [7, 11) is 5.08. The Hall–Kier alpha value is -3.02. The molecule has 0 aliphatic rings. The number of hydrogen-bond acceptors (Lipinski definition) is 4. The molecule has 0 saturated heterocycles. The predicted octanol–water partition coefficient (Wildman–Crippen LogP) is 2.77. The van der Waals surface area contributed by atoms with Gasteiger partial charge in [0.2, 0.25) is 11.8 Å². The van der Waals surface area contributed by atoms with E-state index >= 15 is 0 Å². The lowest BCUT2D eigenvalue weighted by molar-refractivity contribution is -0.128. The molecular weight excluding hydrogens is 330 g/mol. The maximum absolute atomic E-state index is 12.2. The highest BCUT2D eigenvalue weighted by molar-refractivity contribution is 5.94. The lowest BCUT2D eigenvalue weighted by atomic mass is 10.1. The van der Waals surface area contributed by atoms with Gasteiger partial charge < -0.3 is 20.3 Å². The molecule has 2 rings (SSSR count). The Labute approximate surface area is 154 Å². The standard InChI is InChI=1S/C20H25N3O3/c1-23(2)20(25)12-11-15-7-6-8-16(13-15)22-19(24)14-21-17-9-4-5-10-18(17)26-3/h4-10,13,21H,11-12,14H2,1-3H3,(H,22,24). The van der Waals surface area contributed by atoms with Crippen LogP contribution < -0.4 is 15.4 Å². The zero-order valence-corrected chi connectivity index (χ0v) is 15.4. The summed E-state index contributed by atoms with van der Waals surface area (Å²) in [6.07, 6.45) is 1.08. The van der Waals surface area contributed by atoms with Crippen LogP contribution in [0.2, 0.25) is 0 Å². The number of aryl methyl sites for hydroxylation is 1. The second-order valence-corrected chi connectivity index (χ2v) is 6.09. The summed E-state index contributed by atoms with van der Waals surface area (Å²) >= 11 is 0. The Morgan fingerprint density at radius 2 is 1.85 bits per heavy atom. The highest BCUT2D eigenvalue weighted by Gasteiger charge is 2.07. The van der Waals surface area contributed by atoms with Crippen molar-refractivity contribution < 1.29 is 14.3 Å². The lowest BCUT2D eigenvalue weighted by Crippen LogP contribution is -2.22. The summed E-state index contributed by atoms with van der Waals surface area (Å²) in [6, 6.07) is 15.0. The molecule has 0 bridgehead atoms. The van der Waals surface area contributed by atoms with Gasteiger partial charge in [-0.15, -0.1) is 0 Å². The van der Waals surface area contributed by atoms with Crippen LogP contribution in [0.4, 0.5) is 11.4 Å². The third-order valence-electron chi connectivity index (χ3n) is 3.88. The van der Waals surface area contributed by atoms with Gasteiger partial charge >= 0.3 is 0 Å². The number of hydrogen-bond donors (Lipinski definition) is 2. The van der Waals surface area contributed by atoms with Crippen LogP contribution in [-0.4, -0.2) is 44.5 Å². The quantitative estimate of drug-likeness (QED) is 0.764. The van der Waals surface area contributed by atoms with Crippen LogP contribution in [0.1, 0.15) is 12.0 Å². The molecule has 0 unspecified atom stereocenters. The van der Waals surface area contributed by atoms with Gasteiger partial charge in [-0.1, -0.05) is 24.3 Å². The fourth-order valence-electron chi connectivity index (χ4n) is 2.45. The topological polar surface area (TPSA) is 70.7 Å². The second kappa shape index (κ2) is 9.46. The molecule has 2 amide bonds. The van der Waals surface area contributed by atoms with Crippen molar-refractivity contribution in [1.29, 1.82) is 0 Å². The molecule has 0 aliphatic heterocycles. The van der Waals surface area contributed by atoms with E-state index < -0.39 is 0 Å². The summed E-state index contributed by atoms with van der Waals surface area (Å²) in [5.74, 6) is 0.616. The van der Waals surface area contributed by atoms with Crippen molar-refractivity contribution in [3.63, 3.8) is 0 Å². The third kappa shape index (κ3) is 5.81. The van der Waals surface area contributed by atoms with E-state index in [4.69, 9.17) is 4.74 Å². The number of nitrogens with zero attached hydrogens (tertiary/aromatic N) is 1. The van der Waals surface area contributed by atoms with Crippen LogP contribution in [0.25, 0.3) is 0 Å². The molecule has 0 fully saturated rings. The molecule has 0 aromatic heterocycles. The van der Waals surface area contributed by atoms with Gasteiger partial charge in [0.05, 0.1) is 19.3 Å². The number of benzene rings is 2. The van der Waals surface area contributed by atoms with Gasteiger partial charge in [-0.3, -0.25) is 9.59 Å². The molecule has 0 aliphatic carbocycles. The number of amides is 2. The van der Waals surface area contributed by atoms with Crippen molar-refractivity contribution >= 4 is 23.2 Å². The van der Waals surface area contributed by atoms with E-state index in [1.54, 1.807) is 26.1 Å². The molecule has 6 nitrogen and oxygen atoms in total. The normalized spacial score (nSPS) is 10.1. The minimum absolute atomic E-state index is 0.0837. The highest BCUT2D eigenvalue weighted by Crippen LogP contribution is 2.22. The Balaban J connectivity index is 1.88. The highest BCUT2D eigenvalue weighted by atomic mass is 16.5. The average Bonchev–Trinajstić information content (AvgIpc) is 2.64. The summed E-state index contributed by atoms with van der Waals surface area (Å²) in [6.45, 7) is 0.129. The number of carbonyl (C=O) groups excluding carboxylic acids is 2. The molecule has 2 N–H and O–H groups in total. The summed E-state index contributed by atoms with van der Waals surface area (Å²) < 4.78 is 5.25. The lowest BCUT2D eigenvalue weighted by Gasteiger charge is -2.12. The first-order valence-electron chi connectivity index (χ1n) is 8.45. The fraction of sp³-hybridized carbons (Fsp3) is 0.300. The molecule has 26 heavy (non-hydrogen) atoms. The van der Waals surface area contributed by atoms with Crippen molar-refractivity contribution in [3.05, 3.63) is 54.1 Å². The van der Waals surface area contributed by atoms with Crippen LogP contribution in [0.5, 0.6) is 5.75 Å². The predicted molar refractivity (Wildman–Crippen MR) is 104 cm³/mol. The van der Waals surface area contributed by atoms with Gasteiger partial charge in [0.1, 0.15) is 5.75 Å². The first kappa shape index (κ1) is 19.3.